The summed E-state index contributed by atoms with van der Waals surface area (Å²) >= 11 is 0. The van der Waals surface area contributed by atoms with Crippen LogP contribution in [0, 0.1) is 0 Å². The van der Waals surface area contributed by atoms with Crippen LogP contribution in [0.25, 0.3) is 11.1 Å². The maximum Gasteiger partial charge on any atom is 0.100 e. The monoisotopic (exact) mass is 254 g/mol. The highest BCUT2D eigenvalue weighted by Gasteiger charge is 2.21. The van der Waals surface area contributed by atoms with Crippen LogP contribution >= 0.6 is 0 Å². The van der Waals surface area contributed by atoms with Crippen LogP contribution in [-0.2, 0) is 0 Å². The predicted octanol–water partition coefficient (Wildman–Crippen LogP) is 5.35. The minimum Gasteiger partial charge on any atom is -0.247 e. The van der Waals surface area contributed by atoms with Gasteiger partial charge in [0.15, 0.2) is 0 Å². The molecule has 1 aliphatic rings. The molecule has 1 aliphatic carbocycles. The first kappa shape index (κ1) is 12.4. The fourth-order valence-corrected chi connectivity index (χ4v) is 2.96. The van der Waals surface area contributed by atoms with Crippen molar-refractivity contribution in [3.05, 3.63) is 60.2 Å². The summed E-state index contributed by atoms with van der Waals surface area (Å²) in [7, 11) is 0. The average Bonchev–Trinajstić information content (AvgIpc) is 2.49. The molecule has 3 rings (SSSR count). The molecule has 0 saturated heterocycles. The highest BCUT2D eigenvalue weighted by Crippen LogP contribution is 2.34. The van der Waals surface area contributed by atoms with Crippen molar-refractivity contribution in [3.8, 4) is 11.1 Å². The molecule has 0 radical (unpaired) electrons. The van der Waals surface area contributed by atoms with E-state index in [0.29, 0.717) is 5.92 Å². The smallest absolute Gasteiger partial charge is 0.100 e. The Kier molecular flexibility index (Phi) is 3.63. The molecule has 19 heavy (non-hydrogen) atoms. The number of rotatable bonds is 2. The van der Waals surface area contributed by atoms with Crippen molar-refractivity contribution in [1.82, 2.24) is 0 Å². The van der Waals surface area contributed by atoms with Gasteiger partial charge in [-0.2, -0.15) is 0 Å². The number of alkyl halides is 1. The Balaban J connectivity index is 1.76. The van der Waals surface area contributed by atoms with Crippen LogP contribution < -0.4 is 0 Å². The maximum atomic E-state index is 13.2. The van der Waals surface area contributed by atoms with E-state index >= 15 is 0 Å². The Bertz CT molecular complexity index is 507. The summed E-state index contributed by atoms with van der Waals surface area (Å²) < 4.78 is 13.2. The van der Waals surface area contributed by atoms with Crippen molar-refractivity contribution < 1.29 is 4.39 Å². The molecule has 0 aromatic heterocycles. The lowest BCUT2D eigenvalue weighted by Crippen LogP contribution is -2.13. The normalized spacial score (nSPS) is 23.2. The van der Waals surface area contributed by atoms with E-state index in [0.717, 1.165) is 25.7 Å². The minimum atomic E-state index is -0.570. The van der Waals surface area contributed by atoms with E-state index in [1.54, 1.807) is 0 Å². The molecule has 0 spiro atoms. The molecular formula is C18H19F. The van der Waals surface area contributed by atoms with Crippen molar-refractivity contribution in [2.75, 3.05) is 0 Å². The van der Waals surface area contributed by atoms with Gasteiger partial charge in [-0.15, -0.1) is 0 Å². The van der Waals surface area contributed by atoms with Crippen molar-refractivity contribution in [1.29, 1.82) is 0 Å². The Morgan fingerprint density at radius 3 is 1.89 bits per heavy atom. The highest BCUT2D eigenvalue weighted by atomic mass is 19.1. The van der Waals surface area contributed by atoms with Gasteiger partial charge in [-0.05, 0) is 48.3 Å². The van der Waals surface area contributed by atoms with Crippen molar-refractivity contribution >= 4 is 0 Å². The molecule has 0 atom stereocenters. The lowest BCUT2D eigenvalue weighted by Gasteiger charge is -2.24. The Morgan fingerprint density at radius 2 is 1.26 bits per heavy atom. The topological polar surface area (TPSA) is 0 Å². The molecular weight excluding hydrogens is 235 g/mol. The summed E-state index contributed by atoms with van der Waals surface area (Å²) in [6.07, 6.45) is 2.87. The third-order valence-electron chi connectivity index (χ3n) is 4.15. The van der Waals surface area contributed by atoms with E-state index in [2.05, 4.69) is 48.5 Å². The first-order chi connectivity index (χ1) is 9.33. The summed E-state index contributed by atoms with van der Waals surface area (Å²) in [5.74, 6) is 0.553. The van der Waals surface area contributed by atoms with E-state index in [4.69, 9.17) is 0 Å². The number of hydrogen-bond donors (Lipinski definition) is 0. The maximum absolute atomic E-state index is 13.2. The van der Waals surface area contributed by atoms with Gasteiger partial charge in [-0.1, -0.05) is 54.6 Å². The molecule has 0 bridgehead atoms. The Labute approximate surface area is 114 Å². The summed E-state index contributed by atoms with van der Waals surface area (Å²) in [6.45, 7) is 0. The van der Waals surface area contributed by atoms with Gasteiger partial charge in [-0.25, -0.2) is 4.39 Å². The van der Waals surface area contributed by atoms with Gasteiger partial charge in [0.1, 0.15) is 6.17 Å². The van der Waals surface area contributed by atoms with Gasteiger partial charge in [0.25, 0.3) is 0 Å². The third-order valence-corrected chi connectivity index (χ3v) is 4.15. The molecule has 0 unspecified atom stereocenters. The summed E-state index contributed by atoms with van der Waals surface area (Å²) in [6, 6.07) is 19.2. The van der Waals surface area contributed by atoms with Crippen molar-refractivity contribution in [2.45, 2.75) is 37.8 Å². The van der Waals surface area contributed by atoms with Crippen LogP contribution in [0.5, 0.6) is 0 Å². The van der Waals surface area contributed by atoms with E-state index in [-0.39, 0.29) is 0 Å². The molecule has 1 fully saturated rings. The number of halogens is 1. The lowest BCUT2D eigenvalue weighted by atomic mass is 9.83. The first-order valence-corrected chi connectivity index (χ1v) is 7.12. The van der Waals surface area contributed by atoms with Crippen LogP contribution in [-0.4, -0.2) is 6.17 Å². The fourth-order valence-electron chi connectivity index (χ4n) is 2.96. The molecule has 1 heteroatoms. The van der Waals surface area contributed by atoms with E-state index in [9.17, 15) is 4.39 Å². The zero-order chi connectivity index (χ0) is 13.1. The van der Waals surface area contributed by atoms with E-state index in [1.165, 1.54) is 16.7 Å². The molecule has 0 amide bonds. The van der Waals surface area contributed by atoms with Crippen molar-refractivity contribution in [3.63, 3.8) is 0 Å². The molecule has 2 aromatic rings. The van der Waals surface area contributed by atoms with Crippen LogP contribution in [0.2, 0.25) is 0 Å². The van der Waals surface area contributed by atoms with Gasteiger partial charge in [0.05, 0.1) is 0 Å². The predicted molar refractivity (Wildman–Crippen MR) is 78.0 cm³/mol. The second kappa shape index (κ2) is 5.56. The van der Waals surface area contributed by atoms with Crippen LogP contribution in [0.1, 0.15) is 37.2 Å². The second-order valence-corrected chi connectivity index (χ2v) is 5.44. The Morgan fingerprint density at radius 1 is 0.684 bits per heavy atom. The summed E-state index contributed by atoms with van der Waals surface area (Å²) in [4.78, 5) is 0. The third kappa shape index (κ3) is 2.86. The summed E-state index contributed by atoms with van der Waals surface area (Å²) in [5.41, 5.74) is 3.87. The van der Waals surface area contributed by atoms with Gasteiger partial charge in [-0.3, -0.25) is 0 Å². The minimum absolute atomic E-state index is 0.553. The zero-order valence-corrected chi connectivity index (χ0v) is 11.1. The Hall–Kier alpha value is -1.63. The standard InChI is InChI=1S/C18H19F/c19-18-12-10-17(11-13-18)16-8-6-15(7-9-16)14-4-2-1-3-5-14/h1-9,17-18H,10-13H2. The quantitative estimate of drug-likeness (QED) is 0.677. The number of benzene rings is 2. The molecule has 0 heterocycles. The van der Waals surface area contributed by atoms with Gasteiger partial charge < -0.3 is 0 Å². The van der Waals surface area contributed by atoms with Gasteiger partial charge in [0.2, 0.25) is 0 Å². The van der Waals surface area contributed by atoms with E-state index in [1.807, 2.05) is 6.07 Å². The molecule has 0 N–H and O–H groups in total. The van der Waals surface area contributed by atoms with E-state index < -0.39 is 6.17 Å². The molecule has 2 aromatic carbocycles. The van der Waals surface area contributed by atoms with Crippen LogP contribution in [0.3, 0.4) is 0 Å². The number of hydrogen-bond acceptors (Lipinski definition) is 0. The lowest BCUT2D eigenvalue weighted by molar-refractivity contribution is 0.235. The molecule has 0 aliphatic heterocycles. The highest BCUT2D eigenvalue weighted by molar-refractivity contribution is 5.63. The summed E-state index contributed by atoms with van der Waals surface area (Å²) in [5, 5.41) is 0. The second-order valence-electron chi connectivity index (χ2n) is 5.44. The van der Waals surface area contributed by atoms with Crippen LogP contribution in [0.15, 0.2) is 54.6 Å². The van der Waals surface area contributed by atoms with Gasteiger partial charge >= 0.3 is 0 Å². The molecule has 1 saturated carbocycles. The molecule has 98 valence electrons. The largest absolute Gasteiger partial charge is 0.247 e. The van der Waals surface area contributed by atoms with Crippen molar-refractivity contribution in [2.24, 2.45) is 0 Å². The average molecular weight is 254 g/mol. The zero-order valence-electron chi connectivity index (χ0n) is 11.1. The van der Waals surface area contributed by atoms with Crippen LogP contribution in [0.4, 0.5) is 4.39 Å². The SMILES string of the molecule is FC1CCC(c2ccc(-c3ccccc3)cc2)CC1. The van der Waals surface area contributed by atoms with Gasteiger partial charge in [0, 0.05) is 0 Å². The fraction of sp³-hybridized carbons (Fsp3) is 0.333. The first-order valence-electron chi connectivity index (χ1n) is 7.12. The molecule has 0 nitrogen and oxygen atoms in total.